The summed E-state index contributed by atoms with van der Waals surface area (Å²) in [5.74, 6) is 7.63. The van der Waals surface area contributed by atoms with Gasteiger partial charge < -0.3 is 86.7 Å². The predicted octanol–water partition coefficient (Wildman–Crippen LogP) is 28.5. The molecule has 4 aliphatic rings. The molecule has 803 valence electrons. The summed E-state index contributed by atoms with van der Waals surface area (Å²) in [6.45, 7) is 69.6. The van der Waals surface area contributed by atoms with E-state index in [4.69, 9.17) is 72.4 Å². The molecule has 14 aromatic rings. The van der Waals surface area contributed by atoms with Gasteiger partial charge in [0.25, 0.3) is 16.9 Å². The van der Waals surface area contributed by atoms with Crippen LogP contribution in [0.3, 0.4) is 0 Å². The zero-order chi connectivity index (χ0) is 105. The van der Waals surface area contributed by atoms with E-state index in [1.54, 1.807) is 34.9 Å². The number of benzene rings is 8. The van der Waals surface area contributed by atoms with Crippen molar-refractivity contribution in [2.75, 3.05) is 166 Å². The number of fused-ring (bicyclic) bond motifs is 24. The van der Waals surface area contributed by atoms with Crippen LogP contribution in [0.15, 0.2) is 121 Å². The first-order chi connectivity index (χ1) is 72.2. The largest absolute Gasteiger partial charge is 0.492 e. The van der Waals surface area contributed by atoms with E-state index >= 15 is 0 Å². The van der Waals surface area contributed by atoms with Gasteiger partial charge in [0, 0.05) is 109 Å². The SMILES string of the molecule is CCN(CC)CCN1c2ccccc2Sc2c(OCCC(C)C)c3c(c(OCCC(C)C)c21)-c1nc-3nc2[n-]c(nc3c4c(OCCC(C)C)c5c(c(OCCC(C)C)c4c4nc6c7c(OCCC(C)C)c8c(sc9ccccc9n8CCN(CC)CC)c(OCCC(C)C)c7c(n1)n6o[n+]43)Cc1ccccc1N5CCN(CC)CC)c1c(OCCC(C)C)c3c(c(OCCC(C)C)c21)N(CCN(CC)CC)c1ccccc1S3.[V]. The van der Waals surface area contributed by atoms with E-state index in [0.717, 1.165) is 215 Å². The van der Waals surface area contributed by atoms with Crippen molar-refractivity contribution in [1.82, 2.24) is 58.6 Å². The Labute approximate surface area is 913 Å². The molecule has 6 aromatic heterocycles. The monoisotopic (exact) mass is 2130 g/mol. The molecule has 10 heterocycles. The van der Waals surface area contributed by atoms with E-state index in [2.05, 4.69) is 302 Å². The molecule has 29 heteroatoms. The second kappa shape index (κ2) is 49.5. The molecule has 150 heavy (non-hydrogen) atoms. The number of aromatic nitrogens is 9. The fourth-order valence-corrected chi connectivity index (χ4v) is 24.5. The zero-order valence-electron chi connectivity index (χ0n) is 93.7. The molecule has 0 N–H and O–H groups in total. The number of para-hydroxylation sites is 4. The second-order valence-electron chi connectivity index (χ2n) is 43.9. The van der Waals surface area contributed by atoms with Crippen LogP contribution >= 0.6 is 34.9 Å². The summed E-state index contributed by atoms with van der Waals surface area (Å²) in [6, 6.07) is 35.4. The van der Waals surface area contributed by atoms with Gasteiger partial charge in [0.05, 0.1) is 122 Å². The van der Waals surface area contributed by atoms with Crippen LogP contribution in [0.1, 0.15) is 229 Å². The van der Waals surface area contributed by atoms with Crippen LogP contribution < -0.4 is 62.2 Å². The Balaban J connectivity index is 0.0000153. The molecule has 0 amide bonds. The van der Waals surface area contributed by atoms with Gasteiger partial charge in [0.2, 0.25) is 5.65 Å². The molecular formula is C121H162N16O9S3V. The van der Waals surface area contributed by atoms with E-state index in [9.17, 15) is 0 Å². The number of rotatable bonds is 52. The average Bonchev–Trinajstić information content (AvgIpc) is 1.51. The Bertz CT molecular complexity index is 7230. The summed E-state index contributed by atoms with van der Waals surface area (Å²) in [7, 11) is 0. The fourth-order valence-electron chi connectivity index (χ4n) is 20.9. The number of hydrogen-bond acceptors (Lipinski definition) is 24. The molecule has 0 unspecified atom stereocenters. The van der Waals surface area contributed by atoms with Crippen molar-refractivity contribution in [3.8, 4) is 68.8 Å². The molecule has 1 radical (unpaired) electrons. The molecule has 0 fully saturated rings. The van der Waals surface area contributed by atoms with Crippen LogP contribution in [0.2, 0.25) is 0 Å². The zero-order valence-corrected chi connectivity index (χ0v) is 97.5. The van der Waals surface area contributed by atoms with Crippen molar-refractivity contribution < 1.29 is 65.7 Å². The third-order valence-electron chi connectivity index (χ3n) is 30.0. The van der Waals surface area contributed by atoms with Crippen molar-refractivity contribution in [2.45, 2.75) is 250 Å². The van der Waals surface area contributed by atoms with Crippen LogP contribution in [-0.4, -0.2) is 205 Å². The third-order valence-corrected chi connectivity index (χ3v) is 33.4. The minimum atomic E-state index is 0. The quantitative estimate of drug-likeness (QED) is 0.0257. The van der Waals surface area contributed by atoms with Crippen LogP contribution in [0, 0.1) is 47.3 Å². The number of anilines is 6. The van der Waals surface area contributed by atoms with E-state index in [1.165, 1.54) is 0 Å². The van der Waals surface area contributed by atoms with Gasteiger partial charge in [-0.3, -0.25) is 0 Å². The van der Waals surface area contributed by atoms with Crippen molar-refractivity contribution in [3.63, 3.8) is 0 Å². The van der Waals surface area contributed by atoms with Crippen molar-refractivity contribution >= 4 is 156 Å². The average molecular weight is 2130 g/mol. The predicted molar refractivity (Wildman–Crippen MR) is 617 cm³/mol. The molecule has 8 aromatic carbocycles. The van der Waals surface area contributed by atoms with Gasteiger partial charge in [-0.1, -0.05) is 249 Å². The molecule has 0 saturated heterocycles. The van der Waals surface area contributed by atoms with Crippen LogP contribution in [-0.2, 0) is 31.5 Å². The van der Waals surface area contributed by atoms with Crippen molar-refractivity contribution in [2.24, 2.45) is 47.3 Å². The van der Waals surface area contributed by atoms with Crippen molar-refractivity contribution in [3.05, 3.63) is 108 Å². The summed E-state index contributed by atoms with van der Waals surface area (Å²) >= 11 is 5.13. The summed E-state index contributed by atoms with van der Waals surface area (Å²) in [4.78, 5) is 60.0. The van der Waals surface area contributed by atoms with E-state index in [0.29, 0.717) is 220 Å². The van der Waals surface area contributed by atoms with E-state index < -0.39 is 0 Å². The number of likely N-dealkylation sites (N-methyl/N-ethyl adjacent to an activating group) is 4. The Kier molecular flexibility index (Phi) is 36.7. The molecule has 0 atom stereocenters. The topological polar surface area (TPSA) is 202 Å². The molecule has 18 rings (SSSR count). The third kappa shape index (κ3) is 22.6. The standard InChI is InChI=1S/C121H162N16O9S3.V/c1-25-128(26-2)57-61-132-84-42-34-33-41-82(84)73-83-99(132)106(141-68-52-77(15)16)96-95(103(83)138-65-49-74(9)10)120-127-121-97-98(110(145-72-56-81(23)24)113-102(107(97)142-69-53-78(17)18)135(64-60-131(31-7)32-8)87-45-37-40-48-90(87)149-113)119-125-116-92-93(108(143-70-54-79(19)20)111-101(105(92)140-67-51-76(13)14)134(63-59-130(29-5)30-6)86-44-36-38-46-88(86)147-111)115(124-116)122-114-91-94(117(123-114)126-118(96)136(120)146-137(119)121)109(144-71-55-80(21)22)112-100(104(91)139-66-50-75(11)12)133(62-58-129(27-3)28-4)85-43-35-39-47-89(85)148-112;/h33-48,74-81H,25-32,49-73H2,1-24H3;. The maximum atomic E-state index is 8.62. The van der Waals surface area contributed by atoms with Gasteiger partial charge in [-0.2, -0.15) is 9.61 Å². The molecule has 6 bridgehead atoms. The maximum absolute atomic E-state index is 8.62. The molecule has 0 spiro atoms. The number of ether oxygens (including phenoxy) is 8. The molecule has 4 aliphatic heterocycles. The van der Waals surface area contributed by atoms with Gasteiger partial charge in [-0.05, 0) is 208 Å². The smallest absolute Gasteiger partial charge is 0.287 e. The van der Waals surface area contributed by atoms with Crippen LogP contribution in [0.5, 0.6) is 46.0 Å². The number of hydrogen-bond donors (Lipinski definition) is 0. The van der Waals surface area contributed by atoms with Gasteiger partial charge in [0.15, 0.2) is 40.2 Å². The van der Waals surface area contributed by atoms with Gasteiger partial charge >= 0.3 is 0 Å². The first kappa shape index (κ1) is 111. The molecule has 0 aliphatic carbocycles. The van der Waals surface area contributed by atoms with Gasteiger partial charge in [0.1, 0.15) is 50.3 Å². The van der Waals surface area contributed by atoms with Crippen LogP contribution in [0.25, 0.3) is 109 Å². The summed E-state index contributed by atoms with van der Waals surface area (Å²) in [5, 5.41) is 3.75. The molecular weight excluding hydrogens is 1970 g/mol. The maximum Gasteiger partial charge on any atom is 0.287 e. The Morgan fingerprint density at radius 2 is 0.733 bits per heavy atom. The van der Waals surface area contributed by atoms with Crippen LogP contribution in [0.4, 0.5) is 34.1 Å². The minimum absolute atomic E-state index is 0. The molecule has 0 saturated carbocycles. The van der Waals surface area contributed by atoms with E-state index in [-0.39, 0.29) is 65.9 Å². The summed E-state index contributed by atoms with van der Waals surface area (Å²) in [5.41, 5.74) is 13.2. The Hall–Kier alpha value is -10.1. The first-order valence-electron chi connectivity index (χ1n) is 56.1. The fraction of sp³-hybridized carbons (Fsp3) is 0.537. The minimum Gasteiger partial charge on any atom is -0.492 e. The normalized spacial score (nSPS) is 13.3. The summed E-state index contributed by atoms with van der Waals surface area (Å²) < 4.78 is 80.7. The first-order valence-corrected chi connectivity index (χ1v) is 58.6. The van der Waals surface area contributed by atoms with Gasteiger partial charge in [-0.15, -0.1) is 16.3 Å². The molecule has 25 nitrogen and oxygen atoms in total. The Morgan fingerprint density at radius 3 is 1.25 bits per heavy atom. The van der Waals surface area contributed by atoms with Gasteiger partial charge in [-0.25, -0.2) is 4.98 Å². The van der Waals surface area contributed by atoms with Crippen molar-refractivity contribution in [1.29, 1.82) is 0 Å². The number of nitrogens with zero attached hydrogens (tertiary/aromatic N) is 16. The Morgan fingerprint density at radius 1 is 0.360 bits per heavy atom. The van der Waals surface area contributed by atoms with E-state index in [1.807, 2.05) is 9.15 Å². The summed E-state index contributed by atoms with van der Waals surface area (Å²) in [6.07, 6.45) is 6.41. The second-order valence-corrected chi connectivity index (χ2v) is 47.1.